The highest BCUT2D eigenvalue weighted by Gasteiger charge is 2.60. The van der Waals surface area contributed by atoms with Gasteiger partial charge in [0.15, 0.2) is 0 Å². The van der Waals surface area contributed by atoms with Crippen LogP contribution >= 0.6 is 12.4 Å². The van der Waals surface area contributed by atoms with Crippen molar-refractivity contribution in [2.75, 3.05) is 13.2 Å². The summed E-state index contributed by atoms with van der Waals surface area (Å²) < 4.78 is 12.2. The summed E-state index contributed by atoms with van der Waals surface area (Å²) in [5.74, 6) is 0. The van der Waals surface area contributed by atoms with E-state index >= 15 is 0 Å². The highest BCUT2D eigenvalue weighted by molar-refractivity contribution is 5.85. The van der Waals surface area contributed by atoms with Gasteiger partial charge in [-0.2, -0.15) is 0 Å². The highest BCUT2D eigenvalue weighted by atomic mass is 35.5. The molecule has 0 amide bonds. The Morgan fingerprint density at radius 1 is 1.50 bits per heavy atom. The summed E-state index contributed by atoms with van der Waals surface area (Å²) in [6.45, 7) is 4.38. The first-order valence-corrected chi connectivity index (χ1v) is 3.34. The van der Waals surface area contributed by atoms with Gasteiger partial charge >= 0.3 is 0 Å². The van der Waals surface area contributed by atoms with Crippen LogP contribution in [0.1, 0.15) is 20.3 Å². The van der Waals surface area contributed by atoms with E-state index in [1.165, 1.54) is 0 Å². The zero-order chi connectivity index (χ0) is 7.12. The molecule has 1 rings (SSSR count). The van der Waals surface area contributed by atoms with Gasteiger partial charge in [0.2, 0.25) is 0 Å². The molecule has 62 valence electrons. The molecule has 0 saturated heterocycles. The number of rotatable bonds is 2. The average molecular weight is 168 g/mol. The van der Waals surface area contributed by atoms with Gasteiger partial charge in [-0.15, -0.1) is 12.4 Å². The molecule has 1 fully saturated rings. The molecule has 2 N–H and O–H groups in total. The second-order valence-corrected chi connectivity index (χ2v) is 3.68. The van der Waals surface area contributed by atoms with E-state index in [2.05, 4.69) is 13.8 Å². The van der Waals surface area contributed by atoms with Crippen LogP contribution in [-0.4, -0.2) is 13.2 Å². The Kier molecular flexibility index (Phi) is 2.71. The molecule has 3 heteroatoms. The Morgan fingerprint density at radius 2 is 1.90 bits per heavy atom. The van der Waals surface area contributed by atoms with Gasteiger partial charge in [0.1, 0.15) is 0 Å². The molecular weight excluding hydrogens is 153 g/mol. The van der Waals surface area contributed by atoms with Crippen molar-refractivity contribution < 1.29 is 4.39 Å². The van der Waals surface area contributed by atoms with Crippen molar-refractivity contribution in [2.24, 2.45) is 16.6 Å². The van der Waals surface area contributed by atoms with Crippen LogP contribution in [0.5, 0.6) is 0 Å². The lowest BCUT2D eigenvalue weighted by atomic mass is 9.98. The summed E-state index contributed by atoms with van der Waals surface area (Å²) in [6.07, 6.45) is 0.951. The minimum atomic E-state index is -0.253. The van der Waals surface area contributed by atoms with Gasteiger partial charge in [0.05, 0.1) is 6.67 Å². The maximum Gasteiger partial charge on any atom is 0.0968 e. The number of alkyl halides is 1. The largest absolute Gasteiger partial charge is 0.330 e. The molecule has 0 aromatic carbocycles. The highest BCUT2D eigenvalue weighted by Crippen LogP contribution is 2.62. The van der Waals surface area contributed by atoms with Crippen LogP contribution < -0.4 is 5.73 Å². The van der Waals surface area contributed by atoms with E-state index in [1.54, 1.807) is 0 Å². The third-order valence-corrected chi connectivity index (χ3v) is 2.74. The first kappa shape index (κ1) is 10.2. The van der Waals surface area contributed by atoms with Crippen molar-refractivity contribution in [1.29, 1.82) is 0 Å². The number of nitrogens with two attached hydrogens (primary N) is 1. The van der Waals surface area contributed by atoms with Crippen LogP contribution in [0.15, 0.2) is 0 Å². The fraction of sp³-hybridized carbons (Fsp3) is 1.00. The Hall–Kier alpha value is 0.180. The van der Waals surface area contributed by atoms with Gasteiger partial charge < -0.3 is 5.73 Å². The fourth-order valence-electron chi connectivity index (χ4n) is 1.43. The maximum absolute atomic E-state index is 12.2. The Bertz CT molecular complexity index is 121. The topological polar surface area (TPSA) is 26.0 Å². The van der Waals surface area contributed by atoms with Crippen LogP contribution in [0.25, 0.3) is 0 Å². The van der Waals surface area contributed by atoms with Crippen molar-refractivity contribution >= 4 is 12.4 Å². The van der Waals surface area contributed by atoms with Gasteiger partial charge in [0.25, 0.3) is 0 Å². The number of halogens is 2. The molecule has 0 spiro atoms. The predicted molar refractivity (Wildman–Crippen MR) is 43.1 cm³/mol. The summed E-state index contributed by atoms with van der Waals surface area (Å²) in [6, 6.07) is 0. The molecule has 0 aromatic rings. The molecule has 0 aliphatic heterocycles. The minimum Gasteiger partial charge on any atom is -0.330 e. The lowest BCUT2D eigenvalue weighted by molar-refractivity contribution is 0.289. The Labute approximate surface area is 67.6 Å². The molecule has 0 aromatic heterocycles. The molecule has 1 aliphatic rings. The molecule has 0 heterocycles. The molecular formula is C7H15ClFN. The summed E-state index contributed by atoms with van der Waals surface area (Å²) in [5.41, 5.74) is 5.42. The summed E-state index contributed by atoms with van der Waals surface area (Å²) in [5, 5.41) is 0. The van der Waals surface area contributed by atoms with Crippen LogP contribution in [-0.2, 0) is 0 Å². The Balaban J connectivity index is 0.000000810. The summed E-state index contributed by atoms with van der Waals surface area (Å²) in [7, 11) is 0. The van der Waals surface area contributed by atoms with Gasteiger partial charge in [-0.3, -0.25) is 4.39 Å². The maximum atomic E-state index is 12.2. The standard InChI is InChI=1S/C7H14FN.ClH/c1-6(2)3-7(6,4-8)5-9;/h3-5,9H2,1-2H3;1H. The van der Waals surface area contributed by atoms with Crippen molar-refractivity contribution in [3.05, 3.63) is 0 Å². The van der Waals surface area contributed by atoms with E-state index in [4.69, 9.17) is 5.73 Å². The van der Waals surface area contributed by atoms with Crippen molar-refractivity contribution in [3.63, 3.8) is 0 Å². The van der Waals surface area contributed by atoms with Crippen LogP contribution in [0.2, 0.25) is 0 Å². The zero-order valence-corrected chi connectivity index (χ0v) is 7.30. The summed E-state index contributed by atoms with van der Waals surface area (Å²) in [4.78, 5) is 0. The van der Waals surface area contributed by atoms with Crippen LogP contribution in [0.4, 0.5) is 4.39 Å². The quantitative estimate of drug-likeness (QED) is 0.667. The SMILES string of the molecule is CC1(C)CC1(CN)CF.Cl. The van der Waals surface area contributed by atoms with E-state index in [-0.39, 0.29) is 29.9 Å². The van der Waals surface area contributed by atoms with Gasteiger partial charge in [-0.05, 0) is 11.8 Å². The third kappa shape index (κ3) is 1.15. The molecule has 10 heavy (non-hydrogen) atoms. The lowest BCUT2D eigenvalue weighted by Crippen LogP contribution is -2.22. The van der Waals surface area contributed by atoms with Crippen LogP contribution in [0.3, 0.4) is 0 Å². The monoisotopic (exact) mass is 167 g/mol. The lowest BCUT2D eigenvalue weighted by Gasteiger charge is -2.12. The molecule has 1 atom stereocenters. The minimum absolute atomic E-state index is 0. The first-order valence-electron chi connectivity index (χ1n) is 3.34. The number of hydrogen-bond donors (Lipinski definition) is 1. The second-order valence-electron chi connectivity index (χ2n) is 3.68. The first-order chi connectivity index (χ1) is 4.08. The van der Waals surface area contributed by atoms with Gasteiger partial charge in [0, 0.05) is 12.0 Å². The zero-order valence-electron chi connectivity index (χ0n) is 6.48. The molecule has 1 nitrogen and oxygen atoms in total. The average Bonchev–Trinajstić information content (AvgIpc) is 2.35. The third-order valence-electron chi connectivity index (χ3n) is 2.74. The van der Waals surface area contributed by atoms with E-state index in [0.29, 0.717) is 6.54 Å². The van der Waals surface area contributed by atoms with Gasteiger partial charge in [-0.1, -0.05) is 13.8 Å². The van der Waals surface area contributed by atoms with Crippen molar-refractivity contribution in [3.8, 4) is 0 Å². The van der Waals surface area contributed by atoms with Crippen LogP contribution in [0, 0.1) is 10.8 Å². The van der Waals surface area contributed by atoms with E-state index in [1.807, 2.05) is 0 Å². The summed E-state index contributed by atoms with van der Waals surface area (Å²) >= 11 is 0. The van der Waals surface area contributed by atoms with Gasteiger partial charge in [-0.25, -0.2) is 0 Å². The molecule has 1 aliphatic carbocycles. The molecule has 0 bridgehead atoms. The Morgan fingerprint density at radius 3 is 1.90 bits per heavy atom. The molecule has 1 unspecified atom stereocenters. The van der Waals surface area contributed by atoms with E-state index in [9.17, 15) is 4.39 Å². The van der Waals surface area contributed by atoms with E-state index < -0.39 is 0 Å². The second kappa shape index (κ2) is 2.67. The molecule has 0 radical (unpaired) electrons. The number of hydrogen-bond acceptors (Lipinski definition) is 1. The predicted octanol–water partition coefficient (Wildman–Crippen LogP) is 1.75. The molecule has 1 saturated carbocycles. The smallest absolute Gasteiger partial charge is 0.0968 e. The normalized spacial score (nSPS) is 34.8. The van der Waals surface area contributed by atoms with Crippen molar-refractivity contribution in [1.82, 2.24) is 0 Å². The van der Waals surface area contributed by atoms with E-state index in [0.717, 1.165) is 6.42 Å². The fourth-order valence-corrected chi connectivity index (χ4v) is 1.43. The van der Waals surface area contributed by atoms with Crippen molar-refractivity contribution in [2.45, 2.75) is 20.3 Å².